The van der Waals surface area contributed by atoms with Gasteiger partial charge in [0.25, 0.3) is 0 Å². The lowest BCUT2D eigenvalue weighted by molar-refractivity contribution is -0.189. The fraction of sp³-hybridized carbons (Fsp3) is 0.400. The van der Waals surface area contributed by atoms with Gasteiger partial charge in [0, 0.05) is 5.75 Å². The summed E-state index contributed by atoms with van der Waals surface area (Å²) in [6.07, 6.45) is 2.23. The van der Waals surface area contributed by atoms with Crippen molar-refractivity contribution in [3.05, 3.63) is 36.4 Å². The molecule has 21 heavy (non-hydrogen) atoms. The van der Waals surface area contributed by atoms with Gasteiger partial charge in [-0.15, -0.1) is 11.8 Å². The van der Waals surface area contributed by atoms with E-state index in [0.717, 1.165) is 19.3 Å². The quantitative estimate of drug-likeness (QED) is 0.233. The molecule has 0 N–H and O–H groups in total. The van der Waals surface area contributed by atoms with E-state index < -0.39 is 12.1 Å². The molecule has 0 saturated heterocycles. The van der Waals surface area contributed by atoms with E-state index in [0.29, 0.717) is 10.6 Å². The number of allylic oxidation sites excluding steroid dienone is 1. The minimum Gasteiger partial charge on any atom is -0.419 e. The highest BCUT2D eigenvalue weighted by molar-refractivity contribution is 7.99. The maximum atomic E-state index is 12.2. The average Bonchev–Trinajstić information content (AvgIpc) is 2.43. The molecule has 0 atom stereocenters. The first-order chi connectivity index (χ1) is 9.95. The Morgan fingerprint density at radius 3 is 2.67 bits per heavy atom. The summed E-state index contributed by atoms with van der Waals surface area (Å²) in [5.74, 6) is -1.65. The monoisotopic (exact) mass is 318 g/mol. The van der Waals surface area contributed by atoms with E-state index in [9.17, 15) is 18.0 Å². The molecule has 2 nitrogen and oxygen atoms in total. The zero-order valence-electron chi connectivity index (χ0n) is 11.7. The van der Waals surface area contributed by atoms with Crippen LogP contribution in [0.15, 0.2) is 41.3 Å². The molecule has 116 valence electrons. The molecular weight excluding hydrogens is 301 g/mol. The standard InChI is InChI=1S/C15H17F3O2S/c1-2-3-4-5-8-11-21-13-10-7-6-9-12(13)20-14(19)15(16,17)18/h5-10H,2-4,11H2,1H3/b8-5+. The summed E-state index contributed by atoms with van der Waals surface area (Å²) in [7, 11) is 0. The van der Waals surface area contributed by atoms with Crippen LogP contribution in [-0.4, -0.2) is 17.9 Å². The van der Waals surface area contributed by atoms with Crippen molar-refractivity contribution in [2.75, 3.05) is 5.75 Å². The highest BCUT2D eigenvalue weighted by Gasteiger charge is 2.41. The Hall–Kier alpha value is -1.43. The van der Waals surface area contributed by atoms with Gasteiger partial charge in [-0.1, -0.05) is 44.1 Å². The number of benzene rings is 1. The van der Waals surface area contributed by atoms with Crippen molar-refractivity contribution in [1.29, 1.82) is 0 Å². The number of para-hydroxylation sites is 1. The summed E-state index contributed by atoms with van der Waals surface area (Å²) in [5.41, 5.74) is 0. The molecule has 0 spiro atoms. The summed E-state index contributed by atoms with van der Waals surface area (Å²) in [4.78, 5) is 11.4. The van der Waals surface area contributed by atoms with Crippen LogP contribution >= 0.6 is 11.8 Å². The summed E-state index contributed by atoms with van der Waals surface area (Å²) in [6.45, 7) is 2.10. The number of thioether (sulfide) groups is 1. The van der Waals surface area contributed by atoms with Crippen LogP contribution in [-0.2, 0) is 4.79 Å². The highest BCUT2D eigenvalue weighted by Crippen LogP contribution is 2.30. The SMILES string of the molecule is CCCC/C=C/CSc1ccccc1OC(=O)C(F)(F)F. The number of ether oxygens (including phenoxy) is 1. The number of unbranched alkanes of at least 4 members (excludes halogenated alkanes) is 2. The molecule has 0 aliphatic rings. The van der Waals surface area contributed by atoms with Gasteiger partial charge >= 0.3 is 12.1 Å². The van der Waals surface area contributed by atoms with E-state index in [1.807, 2.05) is 12.2 Å². The molecule has 0 fully saturated rings. The predicted molar refractivity (Wildman–Crippen MR) is 77.5 cm³/mol. The predicted octanol–water partition coefficient (Wildman–Crippen LogP) is 4.99. The molecule has 0 amide bonds. The van der Waals surface area contributed by atoms with Crippen molar-refractivity contribution in [1.82, 2.24) is 0 Å². The van der Waals surface area contributed by atoms with Gasteiger partial charge in [0.15, 0.2) is 0 Å². The van der Waals surface area contributed by atoms with Crippen molar-refractivity contribution in [2.24, 2.45) is 0 Å². The fourth-order valence-electron chi connectivity index (χ4n) is 1.46. The number of halogens is 3. The lowest BCUT2D eigenvalue weighted by Gasteiger charge is -2.10. The van der Waals surface area contributed by atoms with Crippen LogP contribution in [0.2, 0.25) is 0 Å². The number of hydrogen-bond donors (Lipinski definition) is 0. The number of carbonyl (C=O) groups is 1. The molecule has 6 heteroatoms. The molecule has 0 saturated carbocycles. The first-order valence-corrected chi connectivity index (χ1v) is 7.59. The van der Waals surface area contributed by atoms with Crippen molar-refractivity contribution >= 4 is 17.7 Å². The average molecular weight is 318 g/mol. The Labute approximate surface area is 126 Å². The minimum atomic E-state index is -4.99. The third kappa shape index (κ3) is 6.71. The van der Waals surface area contributed by atoms with Crippen LogP contribution in [0.4, 0.5) is 13.2 Å². The number of carbonyl (C=O) groups excluding carboxylic acids is 1. The summed E-state index contributed by atoms with van der Waals surface area (Å²) >= 11 is 1.33. The largest absolute Gasteiger partial charge is 0.491 e. The van der Waals surface area contributed by atoms with E-state index in [-0.39, 0.29) is 5.75 Å². The summed E-state index contributed by atoms with van der Waals surface area (Å²) in [6, 6.07) is 6.20. The molecular formula is C15H17F3O2S. The molecule has 0 radical (unpaired) electrons. The Morgan fingerprint density at radius 2 is 2.00 bits per heavy atom. The van der Waals surface area contributed by atoms with Crippen molar-refractivity contribution in [3.63, 3.8) is 0 Å². The van der Waals surface area contributed by atoms with Gasteiger partial charge in [-0.2, -0.15) is 13.2 Å². The second-order valence-corrected chi connectivity index (χ2v) is 5.32. The van der Waals surface area contributed by atoms with E-state index in [1.54, 1.807) is 12.1 Å². The number of rotatable bonds is 7. The van der Waals surface area contributed by atoms with E-state index in [1.165, 1.54) is 23.9 Å². The van der Waals surface area contributed by atoms with Crippen LogP contribution < -0.4 is 4.74 Å². The van der Waals surface area contributed by atoms with E-state index >= 15 is 0 Å². The molecule has 0 aliphatic carbocycles. The van der Waals surface area contributed by atoms with Gasteiger partial charge < -0.3 is 4.74 Å². The van der Waals surface area contributed by atoms with Crippen molar-refractivity contribution in [3.8, 4) is 5.75 Å². The molecule has 0 aliphatic heterocycles. The molecule has 1 rings (SSSR count). The number of hydrogen-bond acceptors (Lipinski definition) is 3. The van der Waals surface area contributed by atoms with Crippen LogP contribution in [0.25, 0.3) is 0 Å². The summed E-state index contributed by atoms with van der Waals surface area (Å²) in [5, 5.41) is 0. The highest BCUT2D eigenvalue weighted by atomic mass is 32.2. The molecule has 0 unspecified atom stereocenters. The maximum Gasteiger partial charge on any atom is 0.491 e. The zero-order chi connectivity index (χ0) is 15.7. The molecule has 0 aromatic heterocycles. The minimum absolute atomic E-state index is 0.0632. The maximum absolute atomic E-state index is 12.2. The lowest BCUT2D eigenvalue weighted by atomic mass is 10.2. The normalized spacial score (nSPS) is 11.8. The fourth-order valence-corrected chi connectivity index (χ4v) is 2.30. The van der Waals surface area contributed by atoms with E-state index in [2.05, 4.69) is 11.7 Å². The molecule has 0 heterocycles. The first kappa shape index (κ1) is 17.6. The Morgan fingerprint density at radius 1 is 1.29 bits per heavy atom. The third-order valence-corrected chi connectivity index (χ3v) is 3.52. The second-order valence-electron chi connectivity index (χ2n) is 4.26. The molecule has 1 aromatic rings. The van der Waals surface area contributed by atoms with Crippen molar-refractivity contribution < 1.29 is 22.7 Å². The van der Waals surface area contributed by atoms with Crippen molar-refractivity contribution in [2.45, 2.75) is 37.3 Å². The van der Waals surface area contributed by atoms with Crippen LogP contribution in [0.3, 0.4) is 0 Å². The van der Waals surface area contributed by atoms with Gasteiger partial charge in [-0.05, 0) is 18.6 Å². The van der Waals surface area contributed by atoms with Gasteiger partial charge in [0.1, 0.15) is 5.75 Å². The Bertz CT molecular complexity index is 484. The third-order valence-electron chi connectivity index (χ3n) is 2.51. The zero-order valence-corrected chi connectivity index (χ0v) is 12.5. The second kappa shape index (κ2) is 8.77. The van der Waals surface area contributed by atoms with Gasteiger partial charge in [0.2, 0.25) is 0 Å². The van der Waals surface area contributed by atoms with Gasteiger partial charge in [0.05, 0.1) is 4.90 Å². The van der Waals surface area contributed by atoms with Crippen LogP contribution in [0.1, 0.15) is 26.2 Å². The van der Waals surface area contributed by atoms with Gasteiger partial charge in [-0.25, -0.2) is 4.79 Å². The molecule has 1 aromatic carbocycles. The van der Waals surface area contributed by atoms with Gasteiger partial charge in [-0.3, -0.25) is 0 Å². The van der Waals surface area contributed by atoms with Crippen LogP contribution in [0, 0.1) is 0 Å². The molecule has 0 bridgehead atoms. The number of esters is 1. The Kier molecular flexibility index (Phi) is 7.36. The topological polar surface area (TPSA) is 26.3 Å². The lowest BCUT2D eigenvalue weighted by Crippen LogP contribution is -2.28. The van der Waals surface area contributed by atoms with E-state index in [4.69, 9.17) is 0 Å². The Balaban J connectivity index is 2.59. The summed E-state index contributed by atoms with van der Waals surface area (Å²) < 4.78 is 41.0. The number of alkyl halides is 3. The smallest absolute Gasteiger partial charge is 0.419 e. The first-order valence-electron chi connectivity index (χ1n) is 6.61. The van der Waals surface area contributed by atoms with Crippen LogP contribution in [0.5, 0.6) is 5.75 Å².